The van der Waals surface area contributed by atoms with Gasteiger partial charge in [-0.1, -0.05) is 11.6 Å². The van der Waals surface area contributed by atoms with Crippen LogP contribution >= 0.6 is 27.5 Å². The van der Waals surface area contributed by atoms with Crippen molar-refractivity contribution in [2.45, 2.75) is 12.8 Å². The molecule has 0 amide bonds. The normalized spacial score (nSPS) is 10.5. The van der Waals surface area contributed by atoms with E-state index in [1.165, 1.54) is 6.07 Å². The lowest BCUT2D eigenvalue weighted by molar-refractivity contribution is 0.605. The van der Waals surface area contributed by atoms with Crippen LogP contribution in [0.3, 0.4) is 0 Å². The third-order valence-corrected chi connectivity index (χ3v) is 3.09. The summed E-state index contributed by atoms with van der Waals surface area (Å²) in [5.74, 6) is -0.262. The van der Waals surface area contributed by atoms with Crippen molar-refractivity contribution in [2.75, 3.05) is 6.54 Å². The van der Waals surface area contributed by atoms with Gasteiger partial charge < -0.3 is 5.73 Å². The van der Waals surface area contributed by atoms with E-state index in [0.29, 0.717) is 23.6 Å². The zero-order valence-electron chi connectivity index (χ0n) is 6.99. The summed E-state index contributed by atoms with van der Waals surface area (Å²) >= 11 is 9.15. The monoisotopic (exact) mass is 265 g/mol. The van der Waals surface area contributed by atoms with Gasteiger partial charge in [-0.2, -0.15) is 0 Å². The van der Waals surface area contributed by atoms with Gasteiger partial charge in [-0.15, -0.1) is 0 Å². The maximum absolute atomic E-state index is 13.2. The molecule has 13 heavy (non-hydrogen) atoms. The van der Waals surface area contributed by atoms with Gasteiger partial charge in [-0.25, -0.2) is 4.39 Å². The first-order chi connectivity index (χ1) is 6.16. The van der Waals surface area contributed by atoms with Gasteiger partial charge in [0.2, 0.25) is 0 Å². The fourth-order valence-corrected chi connectivity index (χ4v) is 1.70. The number of benzene rings is 1. The van der Waals surface area contributed by atoms with Crippen molar-refractivity contribution in [3.05, 3.63) is 33.0 Å². The summed E-state index contributed by atoms with van der Waals surface area (Å²) in [5.41, 5.74) is 5.88. The van der Waals surface area contributed by atoms with Gasteiger partial charge in [0.15, 0.2) is 0 Å². The Hall–Kier alpha value is -0.120. The van der Waals surface area contributed by atoms with E-state index >= 15 is 0 Å². The van der Waals surface area contributed by atoms with E-state index in [0.717, 1.165) is 10.9 Å². The molecule has 0 aliphatic carbocycles. The molecule has 0 bridgehead atoms. The van der Waals surface area contributed by atoms with Crippen LogP contribution in [0.25, 0.3) is 0 Å². The molecule has 72 valence electrons. The van der Waals surface area contributed by atoms with Crippen LogP contribution in [0, 0.1) is 5.82 Å². The van der Waals surface area contributed by atoms with Gasteiger partial charge in [0.1, 0.15) is 5.82 Å². The average molecular weight is 267 g/mol. The lowest BCUT2D eigenvalue weighted by atomic mass is 10.1. The molecule has 0 aliphatic rings. The van der Waals surface area contributed by atoms with E-state index in [-0.39, 0.29) is 5.82 Å². The van der Waals surface area contributed by atoms with Crippen molar-refractivity contribution < 1.29 is 4.39 Å². The van der Waals surface area contributed by atoms with Crippen LogP contribution in [0.5, 0.6) is 0 Å². The summed E-state index contributed by atoms with van der Waals surface area (Å²) in [4.78, 5) is 0. The molecule has 1 nitrogen and oxygen atoms in total. The molecule has 1 rings (SSSR count). The largest absolute Gasteiger partial charge is 0.330 e. The highest BCUT2D eigenvalue weighted by Gasteiger charge is 2.09. The van der Waals surface area contributed by atoms with Crippen LogP contribution in [-0.4, -0.2) is 6.54 Å². The second kappa shape index (κ2) is 4.94. The van der Waals surface area contributed by atoms with Crippen LogP contribution in [-0.2, 0) is 6.42 Å². The molecule has 0 aliphatic heterocycles. The molecule has 0 spiro atoms. The molecule has 0 heterocycles. The Balaban J connectivity index is 2.96. The van der Waals surface area contributed by atoms with Crippen LogP contribution in [0.1, 0.15) is 12.0 Å². The summed E-state index contributed by atoms with van der Waals surface area (Å²) in [6.07, 6.45) is 1.33. The van der Waals surface area contributed by atoms with E-state index < -0.39 is 0 Å². The van der Waals surface area contributed by atoms with Crippen LogP contribution in [0.2, 0.25) is 5.02 Å². The minimum atomic E-state index is -0.262. The Kier molecular flexibility index (Phi) is 4.16. The molecule has 0 saturated heterocycles. The van der Waals surface area contributed by atoms with Crippen molar-refractivity contribution in [1.82, 2.24) is 0 Å². The van der Waals surface area contributed by atoms with Gasteiger partial charge >= 0.3 is 0 Å². The van der Waals surface area contributed by atoms with E-state index in [9.17, 15) is 4.39 Å². The molecular formula is C9H10BrClFN. The fourth-order valence-electron chi connectivity index (χ4n) is 1.08. The molecule has 0 radical (unpaired) electrons. The third-order valence-electron chi connectivity index (χ3n) is 1.77. The highest BCUT2D eigenvalue weighted by Crippen LogP contribution is 2.28. The number of halogens is 3. The van der Waals surface area contributed by atoms with Crippen molar-refractivity contribution in [3.8, 4) is 0 Å². The summed E-state index contributed by atoms with van der Waals surface area (Å²) in [5, 5.41) is 0.452. The Morgan fingerprint density at radius 1 is 1.46 bits per heavy atom. The van der Waals surface area contributed by atoms with Crippen LogP contribution < -0.4 is 5.73 Å². The molecule has 4 heteroatoms. The Labute approximate surface area is 90.2 Å². The molecule has 0 atom stereocenters. The van der Waals surface area contributed by atoms with Crippen LogP contribution in [0.4, 0.5) is 4.39 Å². The standard InChI is InChI=1S/C9H10BrClFN/c10-7-3-4-8(12)6(9(7)11)2-1-5-13/h3-4H,1-2,5,13H2. The van der Waals surface area contributed by atoms with Gasteiger partial charge in [0.25, 0.3) is 0 Å². The van der Waals surface area contributed by atoms with Crippen molar-refractivity contribution >= 4 is 27.5 Å². The molecular weight excluding hydrogens is 256 g/mol. The minimum absolute atomic E-state index is 0.262. The summed E-state index contributed by atoms with van der Waals surface area (Å²) < 4.78 is 13.9. The molecule has 0 unspecified atom stereocenters. The number of hydrogen-bond acceptors (Lipinski definition) is 1. The van der Waals surface area contributed by atoms with Crippen LogP contribution in [0.15, 0.2) is 16.6 Å². The van der Waals surface area contributed by atoms with Crippen molar-refractivity contribution in [2.24, 2.45) is 5.73 Å². The summed E-state index contributed by atoms with van der Waals surface area (Å²) in [7, 11) is 0. The second-order valence-electron chi connectivity index (χ2n) is 2.71. The smallest absolute Gasteiger partial charge is 0.127 e. The van der Waals surface area contributed by atoms with E-state index in [2.05, 4.69) is 15.9 Å². The molecule has 0 aromatic heterocycles. The number of nitrogens with two attached hydrogens (primary N) is 1. The fraction of sp³-hybridized carbons (Fsp3) is 0.333. The zero-order valence-corrected chi connectivity index (χ0v) is 9.33. The lowest BCUT2D eigenvalue weighted by Crippen LogP contribution is -2.02. The van der Waals surface area contributed by atoms with Gasteiger partial charge in [-0.3, -0.25) is 0 Å². The first-order valence-corrected chi connectivity index (χ1v) is 5.16. The van der Waals surface area contributed by atoms with E-state index in [4.69, 9.17) is 17.3 Å². The lowest BCUT2D eigenvalue weighted by Gasteiger charge is -2.06. The first-order valence-electron chi connectivity index (χ1n) is 3.99. The number of hydrogen-bond donors (Lipinski definition) is 1. The van der Waals surface area contributed by atoms with E-state index in [1.54, 1.807) is 6.07 Å². The van der Waals surface area contributed by atoms with E-state index in [1.807, 2.05) is 0 Å². The maximum Gasteiger partial charge on any atom is 0.127 e. The first kappa shape index (κ1) is 11.0. The number of rotatable bonds is 3. The highest BCUT2D eigenvalue weighted by molar-refractivity contribution is 9.10. The summed E-state index contributed by atoms with van der Waals surface area (Å²) in [6, 6.07) is 3.01. The van der Waals surface area contributed by atoms with Gasteiger partial charge in [0, 0.05) is 10.0 Å². The molecule has 2 N–H and O–H groups in total. The average Bonchev–Trinajstić information content (AvgIpc) is 2.12. The van der Waals surface area contributed by atoms with Gasteiger partial charge in [0.05, 0.1) is 5.02 Å². The topological polar surface area (TPSA) is 26.0 Å². The molecule has 0 saturated carbocycles. The third kappa shape index (κ3) is 2.66. The molecule has 0 fully saturated rings. The second-order valence-corrected chi connectivity index (χ2v) is 3.95. The SMILES string of the molecule is NCCCc1c(F)ccc(Br)c1Cl. The van der Waals surface area contributed by atoms with Gasteiger partial charge in [-0.05, 0) is 47.4 Å². The molecule has 1 aromatic carbocycles. The minimum Gasteiger partial charge on any atom is -0.330 e. The molecule has 1 aromatic rings. The Bertz CT molecular complexity index is 304. The Morgan fingerprint density at radius 2 is 2.15 bits per heavy atom. The van der Waals surface area contributed by atoms with Crippen molar-refractivity contribution in [1.29, 1.82) is 0 Å². The zero-order chi connectivity index (χ0) is 9.84. The maximum atomic E-state index is 13.2. The Morgan fingerprint density at radius 3 is 2.77 bits per heavy atom. The van der Waals surface area contributed by atoms with Crippen molar-refractivity contribution in [3.63, 3.8) is 0 Å². The summed E-state index contributed by atoms with van der Waals surface area (Å²) in [6.45, 7) is 0.544. The predicted octanol–water partition coefficient (Wildman–Crippen LogP) is 3.13. The predicted molar refractivity (Wildman–Crippen MR) is 56.5 cm³/mol. The highest BCUT2D eigenvalue weighted by atomic mass is 79.9. The quantitative estimate of drug-likeness (QED) is 0.836.